The van der Waals surface area contributed by atoms with Crippen molar-refractivity contribution in [2.45, 2.75) is 13.8 Å². The Morgan fingerprint density at radius 1 is 1.03 bits per heavy atom. The summed E-state index contributed by atoms with van der Waals surface area (Å²) in [6.45, 7) is 6.29. The summed E-state index contributed by atoms with van der Waals surface area (Å²) in [7, 11) is -0.329. The highest BCUT2D eigenvalue weighted by molar-refractivity contribution is 7.86. The number of fused-ring (bicyclic) bond motifs is 1. The Labute approximate surface area is 171 Å². The second kappa shape index (κ2) is 8.56. The molecule has 0 radical (unpaired) electrons. The maximum Gasteiger partial charge on any atom is 0.282 e. The standard InChI is InChI=1S/C18H28N6O4S/c1-5-23(6-2)29(25,26)24-9-7-22(8-10-24)18-20-14-12-16(28-4)15(27-3)11-13(14)17(19)21-18/h11-12H,5-10H2,1-4H3,(H2,19,20,21). The van der Waals surface area contributed by atoms with Gasteiger partial charge in [0.1, 0.15) is 5.82 Å². The van der Waals surface area contributed by atoms with Crippen LogP contribution < -0.4 is 20.1 Å². The predicted octanol–water partition coefficient (Wildman–Crippen LogP) is 0.938. The number of ether oxygens (including phenoxy) is 2. The zero-order valence-electron chi connectivity index (χ0n) is 17.3. The lowest BCUT2D eigenvalue weighted by molar-refractivity contribution is 0.333. The summed E-state index contributed by atoms with van der Waals surface area (Å²) in [5.74, 6) is 1.92. The van der Waals surface area contributed by atoms with E-state index in [1.165, 1.54) is 8.61 Å². The molecule has 0 atom stereocenters. The molecule has 0 bridgehead atoms. The van der Waals surface area contributed by atoms with Crippen LogP contribution in [0.4, 0.5) is 11.8 Å². The van der Waals surface area contributed by atoms with Crippen LogP contribution in [-0.2, 0) is 10.2 Å². The van der Waals surface area contributed by atoms with Crippen molar-refractivity contribution in [1.82, 2.24) is 18.6 Å². The van der Waals surface area contributed by atoms with E-state index in [0.717, 1.165) is 0 Å². The number of piperazine rings is 1. The maximum atomic E-state index is 12.7. The predicted molar refractivity (Wildman–Crippen MR) is 113 cm³/mol. The van der Waals surface area contributed by atoms with Gasteiger partial charge in [-0.1, -0.05) is 13.8 Å². The zero-order chi connectivity index (χ0) is 21.2. The van der Waals surface area contributed by atoms with Crippen LogP contribution in [0.2, 0.25) is 0 Å². The van der Waals surface area contributed by atoms with E-state index in [2.05, 4.69) is 9.97 Å². The van der Waals surface area contributed by atoms with E-state index >= 15 is 0 Å². The molecule has 0 aliphatic carbocycles. The highest BCUT2D eigenvalue weighted by Gasteiger charge is 2.31. The van der Waals surface area contributed by atoms with Gasteiger partial charge in [-0.25, -0.2) is 4.98 Å². The van der Waals surface area contributed by atoms with Crippen molar-refractivity contribution in [1.29, 1.82) is 0 Å². The summed E-state index contributed by atoms with van der Waals surface area (Å²) in [4.78, 5) is 11.0. The van der Waals surface area contributed by atoms with Crippen LogP contribution in [-0.4, -0.2) is 80.5 Å². The number of nitrogens with two attached hydrogens (primary N) is 1. The topological polar surface area (TPSA) is 114 Å². The van der Waals surface area contributed by atoms with E-state index in [1.54, 1.807) is 26.4 Å². The highest BCUT2D eigenvalue weighted by atomic mass is 32.2. The van der Waals surface area contributed by atoms with Gasteiger partial charge in [0.15, 0.2) is 11.5 Å². The molecular formula is C18H28N6O4S. The number of hydrogen-bond acceptors (Lipinski definition) is 8. The van der Waals surface area contributed by atoms with Crippen molar-refractivity contribution in [2.75, 3.05) is 64.1 Å². The third-order valence-electron chi connectivity index (χ3n) is 5.10. The first-order chi connectivity index (χ1) is 13.8. The number of benzene rings is 1. The smallest absolute Gasteiger partial charge is 0.282 e. The third kappa shape index (κ3) is 4.02. The van der Waals surface area contributed by atoms with E-state index < -0.39 is 10.2 Å². The molecule has 1 saturated heterocycles. The third-order valence-corrected chi connectivity index (χ3v) is 7.28. The number of hydrogen-bond donors (Lipinski definition) is 1. The normalized spacial score (nSPS) is 15.8. The average Bonchev–Trinajstić information content (AvgIpc) is 2.73. The Hall–Kier alpha value is -2.37. The summed E-state index contributed by atoms with van der Waals surface area (Å²) in [6.07, 6.45) is 0. The Kier molecular flexibility index (Phi) is 6.30. The second-order valence-electron chi connectivity index (χ2n) is 6.61. The van der Waals surface area contributed by atoms with Gasteiger partial charge in [0.2, 0.25) is 5.95 Å². The van der Waals surface area contributed by atoms with Gasteiger partial charge in [0, 0.05) is 50.7 Å². The summed E-state index contributed by atoms with van der Waals surface area (Å²) in [5, 5.41) is 0.675. The molecule has 0 unspecified atom stereocenters. The molecule has 1 fully saturated rings. The lowest BCUT2D eigenvalue weighted by Gasteiger charge is -2.36. The van der Waals surface area contributed by atoms with E-state index in [9.17, 15) is 8.42 Å². The number of aromatic nitrogens is 2. The Balaban J connectivity index is 1.84. The molecule has 1 aromatic heterocycles. The highest BCUT2D eigenvalue weighted by Crippen LogP contribution is 2.34. The van der Waals surface area contributed by atoms with Gasteiger partial charge < -0.3 is 20.1 Å². The van der Waals surface area contributed by atoms with Crippen molar-refractivity contribution < 1.29 is 17.9 Å². The molecule has 0 saturated carbocycles. The molecule has 1 aromatic carbocycles. The molecule has 1 aliphatic heterocycles. The summed E-state index contributed by atoms with van der Waals surface area (Å²) in [5.41, 5.74) is 6.81. The first kappa shape index (κ1) is 21.3. The molecular weight excluding hydrogens is 396 g/mol. The molecule has 1 aliphatic rings. The average molecular weight is 425 g/mol. The van der Waals surface area contributed by atoms with Gasteiger partial charge >= 0.3 is 0 Å². The van der Waals surface area contributed by atoms with Crippen molar-refractivity contribution in [3.63, 3.8) is 0 Å². The van der Waals surface area contributed by atoms with Crippen molar-refractivity contribution in [2.24, 2.45) is 0 Å². The summed E-state index contributed by atoms with van der Waals surface area (Å²) < 4.78 is 39.0. The van der Waals surface area contributed by atoms with Gasteiger partial charge in [0.05, 0.1) is 19.7 Å². The molecule has 3 rings (SSSR count). The molecule has 10 nitrogen and oxygen atoms in total. The minimum atomic E-state index is -3.45. The number of anilines is 2. The maximum absolute atomic E-state index is 12.7. The van der Waals surface area contributed by atoms with E-state index in [1.807, 2.05) is 18.7 Å². The lowest BCUT2D eigenvalue weighted by Crippen LogP contribution is -2.53. The number of methoxy groups -OCH3 is 2. The Morgan fingerprint density at radius 3 is 2.17 bits per heavy atom. The summed E-state index contributed by atoms with van der Waals surface area (Å²) in [6, 6.07) is 3.51. The Morgan fingerprint density at radius 2 is 1.62 bits per heavy atom. The number of nitrogens with zero attached hydrogens (tertiary/aromatic N) is 5. The van der Waals surface area contributed by atoms with E-state index in [4.69, 9.17) is 15.2 Å². The van der Waals surface area contributed by atoms with Crippen LogP contribution in [0.1, 0.15) is 13.8 Å². The molecule has 2 heterocycles. The van der Waals surface area contributed by atoms with Crippen LogP contribution in [0.3, 0.4) is 0 Å². The van der Waals surface area contributed by atoms with Gasteiger partial charge in [0.25, 0.3) is 10.2 Å². The van der Waals surface area contributed by atoms with Crippen LogP contribution in [0, 0.1) is 0 Å². The minimum Gasteiger partial charge on any atom is -0.493 e. The quantitative estimate of drug-likeness (QED) is 0.698. The Bertz CT molecular complexity index is 972. The van der Waals surface area contributed by atoms with E-state index in [-0.39, 0.29) is 0 Å². The monoisotopic (exact) mass is 424 g/mol. The van der Waals surface area contributed by atoms with Gasteiger partial charge in [-0.15, -0.1) is 0 Å². The van der Waals surface area contributed by atoms with Crippen molar-refractivity contribution >= 4 is 32.9 Å². The van der Waals surface area contributed by atoms with Crippen LogP contribution >= 0.6 is 0 Å². The first-order valence-electron chi connectivity index (χ1n) is 9.55. The number of nitrogen functional groups attached to an aromatic ring is 1. The fourth-order valence-electron chi connectivity index (χ4n) is 3.44. The lowest BCUT2D eigenvalue weighted by atomic mass is 10.2. The van der Waals surface area contributed by atoms with Gasteiger partial charge in [-0.2, -0.15) is 22.0 Å². The van der Waals surface area contributed by atoms with Crippen molar-refractivity contribution in [3.05, 3.63) is 12.1 Å². The summed E-state index contributed by atoms with van der Waals surface area (Å²) >= 11 is 0. The second-order valence-corrected chi connectivity index (χ2v) is 8.54. The zero-order valence-corrected chi connectivity index (χ0v) is 18.1. The number of rotatable bonds is 7. The molecule has 0 amide bonds. The first-order valence-corrected chi connectivity index (χ1v) is 10.9. The largest absolute Gasteiger partial charge is 0.493 e. The SMILES string of the molecule is CCN(CC)S(=O)(=O)N1CCN(c2nc(N)c3cc(OC)c(OC)cc3n2)CC1. The fraction of sp³-hybridized carbons (Fsp3) is 0.556. The van der Waals surface area contributed by atoms with E-state index in [0.29, 0.717) is 73.4 Å². The molecule has 2 N–H and O–H groups in total. The van der Waals surface area contributed by atoms with Crippen LogP contribution in [0.5, 0.6) is 11.5 Å². The molecule has 2 aromatic rings. The molecule has 29 heavy (non-hydrogen) atoms. The van der Waals surface area contributed by atoms with Crippen LogP contribution in [0.15, 0.2) is 12.1 Å². The fourth-order valence-corrected chi connectivity index (χ4v) is 5.04. The molecule has 11 heteroatoms. The van der Waals surface area contributed by atoms with Gasteiger partial charge in [-0.05, 0) is 6.07 Å². The van der Waals surface area contributed by atoms with Gasteiger partial charge in [-0.3, -0.25) is 0 Å². The van der Waals surface area contributed by atoms with Crippen LogP contribution in [0.25, 0.3) is 10.9 Å². The minimum absolute atomic E-state index is 0.337. The molecule has 0 spiro atoms. The molecule has 160 valence electrons. The van der Waals surface area contributed by atoms with Crippen molar-refractivity contribution in [3.8, 4) is 11.5 Å².